The molecule has 0 spiro atoms. The maximum atomic E-state index is 5.78. The van der Waals surface area contributed by atoms with Crippen LogP contribution in [0.5, 0.6) is 0 Å². The largest absolute Gasteiger partial charge is 0.370 e. The Morgan fingerprint density at radius 1 is 1.39 bits per heavy atom. The number of unbranched alkanes of at least 4 members (excludes halogenated alkanes) is 1. The van der Waals surface area contributed by atoms with Crippen LogP contribution in [0.1, 0.15) is 39.0 Å². The number of likely N-dealkylation sites (tertiary alicyclic amines) is 1. The van der Waals surface area contributed by atoms with Crippen molar-refractivity contribution < 1.29 is 0 Å². The van der Waals surface area contributed by atoms with Crippen molar-refractivity contribution in [3.63, 3.8) is 0 Å². The maximum absolute atomic E-state index is 5.78. The number of nitrogens with one attached hydrogen (secondary N) is 1. The molecule has 1 aliphatic heterocycles. The van der Waals surface area contributed by atoms with Crippen LogP contribution in [0.15, 0.2) is 4.99 Å². The Labute approximate surface area is 129 Å². The van der Waals surface area contributed by atoms with E-state index in [1.165, 1.54) is 38.8 Å². The predicted octanol–water partition coefficient (Wildman–Crippen LogP) is 2.04. The van der Waals surface area contributed by atoms with Crippen molar-refractivity contribution in [1.29, 1.82) is 0 Å². The molecule has 18 heavy (non-hydrogen) atoms. The van der Waals surface area contributed by atoms with Crippen molar-refractivity contribution in [2.24, 2.45) is 16.6 Å². The van der Waals surface area contributed by atoms with Crippen LogP contribution >= 0.6 is 24.0 Å². The summed E-state index contributed by atoms with van der Waals surface area (Å²) in [6, 6.07) is 0. The van der Waals surface area contributed by atoms with Crippen LogP contribution in [0, 0.1) is 5.92 Å². The topological polar surface area (TPSA) is 53.6 Å². The summed E-state index contributed by atoms with van der Waals surface area (Å²) in [5, 5.41) is 3.21. The standard InChI is InChI=1S/C13H28N4.HI/c1-3-4-8-15-13(14)16-9-5-12-6-10-17(2)11-7-12;/h12H,3-11H2,1-2H3,(H3,14,15,16);1H. The first-order valence-corrected chi connectivity index (χ1v) is 6.94. The second-order valence-corrected chi connectivity index (χ2v) is 5.08. The molecule has 5 heteroatoms. The van der Waals surface area contributed by atoms with Crippen LogP contribution in [0.3, 0.4) is 0 Å². The lowest BCUT2D eigenvalue weighted by molar-refractivity contribution is 0.213. The molecule has 4 nitrogen and oxygen atoms in total. The van der Waals surface area contributed by atoms with Gasteiger partial charge in [-0.1, -0.05) is 13.3 Å². The third kappa shape index (κ3) is 8.13. The number of hydrogen-bond acceptors (Lipinski definition) is 2. The van der Waals surface area contributed by atoms with Crippen molar-refractivity contribution >= 4 is 29.9 Å². The molecule has 0 radical (unpaired) electrons. The van der Waals surface area contributed by atoms with Crippen LogP contribution in [0.25, 0.3) is 0 Å². The molecule has 1 fully saturated rings. The van der Waals surface area contributed by atoms with Gasteiger partial charge in [0.1, 0.15) is 0 Å². The second kappa shape index (κ2) is 10.8. The van der Waals surface area contributed by atoms with Crippen LogP contribution in [-0.4, -0.2) is 44.1 Å². The molecular weight excluding hydrogens is 339 g/mol. The normalized spacial score (nSPS) is 18.4. The van der Waals surface area contributed by atoms with Crippen molar-refractivity contribution in [1.82, 2.24) is 10.2 Å². The van der Waals surface area contributed by atoms with Crippen LogP contribution in [0.2, 0.25) is 0 Å². The SMILES string of the molecule is CCCCN=C(N)NCCC1CCN(C)CC1.I. The first-order chi connectivity index (χ1) is 8.22. The van der Waals surface area contributed by atoms with Gasteiger partial charge in [-0.15, -0.1) is 24.0 Å². The Kier molecular flexibility index (Phi) is 10.8. The number of rotatable bonds is 6. The number of guanidine groups is 1. The third-order valence-electron chi connectivity index (χ3n) is 3.49. The molecule has 0 aromatic heterocycles. The lowest BCUT2D eigenvalue weighted by Gasteiger charge is -2.28. The molecule has 1 heterocycles. The van der Waals surface area contributed by atoms with Gasteiger partial charge in [0.05, 0.1) is 0 Å². The summed E-state index contributed by atoms with van der Waals surface area (Å²) < 4.78 is 0. The molecule has 0 atom stereocenters. The van der Waals surface area contributed by atoms with E-state index in [1.54, 1.807) is 0 Å². The first-order valence-electron chi connectivity index (χ1n) is 6.94. The Balaban J connectivity index is 0.00000289. The summed E-state index contributed by atoms with van der Waals surface area (Å²) in [5.41, 5.74) is 5.78. The molecule has 0 aromatic rings. The van der Waals surface area contributed by atoms with Crippen LogP contribution < -0.4 is 11.1 Å². The highest BCUT2D eigenvalue weighted by Gasteiger charge is 2.15. The number of aliphatic imine (C=N–C) groups is 1. The van der Waals surface area contributed by atoms with Crippen molar-refractivity contribution in [2.75, 3.05) is 33.2 Å². The minimum Gasteiger partial charge on any atom is -0.370 e. The third-order valence-corrected chi connectivity index (χ3v) is 3.49. The highest BCUT2D eigenvalue weighted by molar-refractivity contribution is 14.0. The second-order valence-electron chi connectivity index (χ2n) is 5.08. The smallest absolute Gasteiger partial charge is 0.188 e. The quantitative estimate of drug-likeness (QED) is 0.327. The minimum absolute atomic E-state index is 0. The van der Waals surface area contributed by atoms with Crippen LogP contribution in [0.4, 0.5) is 0 Å². The van der Waals surface area contributed by atoms with E-state index in [0.29, 0.717) is 5.96 Å². The van der Waals surface area contributed by atoms with Gasteiger partial charge in [0.25, 0.3) is 0 Å². The number of hydrogen-bond donors (Lipinski definition) is 2. The van der Waals surface area contributed by atoms with Gasteiger partial charge in [-0.25, -0.2) is 0 Å². The van der Waals surface area contributed by atoms with E-state index in [-0.39, 0.29) is 24.0 Å². The highest BCUT2D eigenvalue weighted by Crippen LogP contribution is 2.18. The molecule has 0 amide bonds. The molecule has 3 N–H and O–H groups in total. The zero-order valence-corrected chi connectivity index (χ0v) is 14.2. The fourth-order valence-corrected chi connectivity index (χ4v) is 2.17. The van der Waals surface area contributed by atoms with Gasteiger partial charge in [0, 0.05) is 13.1 Å². The molecule has 1 aliphatic rings. The molecule has 0 aromatic carbocycles. The molecule has 0 aliphatic carbocycles. The van der Waals surface area contributed by atoms with Gasteiger partial charge in [-0.2, -0.15) is 0 Å². The highest BCUT2D eigenvalue weighted by atomic mass is 127. The predicted molar refractivity (Wildman–Crippen MR) is 89.7 cm³/mol. The molecule has 1 saturated heterocycles. The van der Waals surface area contributed by atoms with Crippen molar-refractivity contribution in [3.8, 4) is 0 Å². The summed E-state index contributed by atoms with van der Waals surface area (Å²) in [4.78, 5) is 6.69. The Morgan fingerprint density at radius 3 is 2.67 bits per heavy atom. The fourth-order valence-electron chi connectivity index (χ4n) is 2.17. The average Bonchev–Trinajstić information content (AvgIpc) is 2.32. The number of nitrogens with zero attached hydrogens (tertiary/aromatic N) is 2. The van der Waals surface area contributed by atoms with Crippen LogP contribution in [-0.2, 0) is 0 Å². The van der Waals surface area contributed by atoms with Crippen molar-refractivity contribution in [2.45, 2.75) is 39.0 Å². The van der Waals surface area contributed by atoms with E-state index in [2.05, 4.69) is 29.2 Å². The summed E-state index contributed by atoms with van der Waals surface area (Å²) in [5.74, 6) is 1.48. The van der Waals surface area contributed by atoms with Crippen molar-refractivity contribution in [3.05, 3.63) is 0 Å². The summed E-state index contributed by atoms with van der Waals surface area (Å²) in [7, 11) is 2.20. The molecular formula is C13H29IN4. The summed E-state index contributed by atoms with van der Waals surface area (Å²) in [6.07, 6.45) is 6.16. The monoisotopic (exact) mass is 368 g/mol. The maximum Gasteiger partial charge on any atom is 0.188 e. The zero-order chi connectivity index (χ0) is 12.5. The van der Waals surface area contributed by atoms with E-state index < -0.39 is 0 Å². The average molecular weight is 368 g/mol. The van der Waals surface area contributed by atoms with E-state index in [1.807, 2.05) is 0 Å². The fraction of sp³-hybridized carbons (Fsp3) is 0.923. The molecule has 1 rings (SSSR count). The number of halogens is 1. The lowest BCUT2D eigenvalue weighted by Crippen LogP contribution is -2.35. The Hall–Kier alpha value is -0.0400. The van der Waals surface area contributed by atoms with E-state index in [9.17, 15) is 0 Å². The van der Waals surface area contributed by atoms with Gasteiger partial charge < -0.3 is 16.0 Å². The molecule has 0 bridgehead atoms. The minimum atomic E-state index is 0. The van der Waals surface area contributed by atoms with Gasteiger partial charge in [0.15, 0.2) is 5.96 Å². The lowest BCUT2D eigenvalue weighted by atomic mass is 9.94. The molecule has 0 unspecified atom stereocenters. The number of nitrogens with two attached hydrogens (primary N) is 1. The molecule has 0 saturated carbocycles. The van der Waals surface area contributed by atoms with Gasteiger partial charge >= 0.3 is 0 Å². The summed E-state index contributed by atoms with van der Waals surface area (Å²) in [6.45, 7) is 6.47. The van der Waals surface area contributed by atoms with E-state index in [0.717, 1.165) is 25.4 Å². The molecule has 108 valence electrons. The summed E-state index contributed by atoms with van der Waals surface area (Å²) >= 11 is 0. The zero-order valence-electron chi connectivity index (χ0n) is 11.8. The van der Waals surface area contributed by atoms with Gasteiger partial charge in [-0.3, -0.25) is 4.99 Å². The Morgan fingerprint density at radius 2 is 2.06 bits per heavy atom. The Bertz CT molecular complexity index is 225. The van der Waals surface area contributed by atoms with Gasteiger partial charge in [0.2, 0.25) is 0 Å². The van der Waals surface area contributed by atoms with Gasteiger partial charge in [-0.05, 0) is 51.7 Å². The van der Waals surface area contributed by atoms with E-state index >= 15 is 0 Å². The number of piperidine rings is 1. The van der Waals surface area contributed by atoms with E-state index in [4.69, 9.17) is 5.73 Å². The first kappa shape index (κ1) is 18.0.